The fourth-order valence-electron chi connectivity index (χ4n) is 2.62. The van der Waals surface area contributed by atoms with E-state index in [2.05, 4.69) is 16.7 Å². The van der Waals surface area contributed by atoms with Crippen molar-refractivity contribution in [1.29, 1.82) is 0 Å². The zero-order valence-electron chi connectivity index (χ0n) is 11.8. The van der Waals surface area contributed by atoms with E-state index in [1.165, 1.54) is 19.3 Å². The summed E-state index contributed by atoms with van der Waals surface area (Å²) in [5.74, 6) is -0.689. The van der Waals surface area contributed by atoms with E-state index in [4.69, 9.17) is 10.9 Å². The van der Waals surface area contributed by atoms with Gasteiger partial charge in [0.25, 0.3) is 0 Å². The van der Waals surface area contributed by atoms with E-state index in [0.29, 0.717) is 13.0 Å². The average molecular weight is 287 g/mol. The molecule has 0 aromatic rings. The van der Waals surface area contributed by atoms with Crippen LogP contribution in [0.1, 0.15) is 45.4 Å². The van der Waals surface area contributed by atoms with Crippen LogP contribution in [0.4, 0.5) is 0 Å². The first-order valence-corrected chi connectivity index (χ1v) is 8.11. The van der Waals surface area contributed by atoms with Gasteiger partial charge in [0.2, 0.25) is 5.91 Å². The van der Waals surface area contributed by atoms with E-state index < -0.39 is 5.92 Å². The van der Waals surface area contributed by atoms with Gasteiger partial charge in [-0.25, -0.2) is 0 Å². The summed E-state index contributed by atoms with van der Waals surface area (Å²) in [5.41, 5.74) is 5.54. The number of carbonyl (C=O) groups is 1. The molecule has 0 spiro atoms. The van der Waals surface area contributed by atoms with Crippen molar-refractivity contribution in [2.75, 3.05) is 12.8 Å². The molecule has 0 radical (unpaired) electrons. The number of amidine groups is 1. The molecule has 1 unspecified atom stereocenters. The van der Waals surface area contributed by atoms with E-state index in [0.717, 1.165) is 12.8 Å². The van der Waals surface area contributed by atoms with Crippen molar-refractivity contribution in [1.82, 2.24) is 5.32 Å². The molecule has 6 heteroatoms. The van der Waals surface area contributed by atoms with Gasteiger partial charge in [0, 0.05) is 11.3 Å². The van der Waals surface area contributed by atoms with E-state index in [1.54, 1.807) is 0 Å². The summed E-state index contributed by atoms with van der Waals surface area (Å²) in [4.78, 5) is 12.1. The van der Waals surface area contributed by atoms with Gasteiger partial charge in [0.1, 0.15) is 0 Å². The Morgan fingerprint density at radius 3 is 2.58 bits per heavy atom. The third-order valence-electron chi connectivity index (χ3n) is 3.98. The van der Waals surface area contributed by atoms with Gasteiger partial charge in [0.05, 0.1) is 5.92 Å². The monoisotopic (exact) mass is 287 g/mol. The van der Waals surface area contributed by atoms with Gasteiger partial charge < -0.3 is 16.3 Å². The van der Waals surface area contributed by atoms with Crippen molar-refractivity contribution >= 4 is 23.5 Å². The first-order chi connectivity index (χ1) is 9.08. The van der Waals surface area contributed by atoms with E-state index in [1.807, 2.05) is 18.7 Å². The Labute approximate surface area is 119 Å². The quantitative estimate of drug-likeness (QED) is 0.301. The van der Waals surface area contributed by atoms with Crippen LogP contribution < -0.4 is 11.1 Å². The first kappa shape index (κ1) is 16.1. The summed E-state index contributed by atoms with van der Waals surface area (Å²) in [5, 5.41) is 14.6. The molecule has 1 fully saturated rings. The number of rotatable bonds is 6. The van der Waals surface area contributed by atoms with Crippen LogP contribution in [0.25, 0.3) is 0 Å². The largest absolute Gasteiger partial charge is 0.409 e. The maximum absolute atomic E-state index is 12.1. The lowest BCUT2D eigenvalue weighted by molar-refractivity contribution is -0.123. The Balaban J connectivity index is 2.56. The van der Waals surface area contributed by atoms with Crippen molar-refractivity contribution in [2.24, 2.45) is 16.8 Å². The van der Waals surface area contributed by atoms with Crippen molar-refractivity contribution in [2.45, 2.75) is 50.2 Å². The van der Waals surface area contributed by atoms with Gasteiger partial charge >= 0.3 is 0 Å². The Hall–Kier alpha value is -0.910. The lowest BCUT2D eigenvalue weighted by Crippen LogP contribution is -2.46. The molecule has 1 aliphatic carbocycles. The Bertz CT molecular complexity index is 328. The highest BCUT2D eigenvalue weighted by atomic mass is 32.2. The van der Waals surface area contributed by atoms with Gasteiger partial charge in [0.15, 0.2) is 5.84 Å². The van der Waals surface area contributed by atoms with Crippen LogP contribution in [0.5, 0.6) is 0 Å². The predicted octanol–water partition coefficient (Wildman–Crippen LogP) is 1.94. The van der Waals surface area contributed by atoms with Gasteiger partial charge in [-0.15, -0.1) is 0 Å². The molecule has 0 aromatic heterocycles. The molecule has 1 aliphatic rings. The van der Waals surface area contributed by atoms with Gasteiger partial charge in [-0.2, -0.15) is 11.8 Å². The normalized spacial score (nSPS) is 20.8. The van der Waals surface area contributed by atoms with Gasteiger partial charge in [-0.1, -0.05) is 31.3 Å². The number of nitrogens with zero attached hydrogens (tertiary/aromatic N) is 1. The molecule has 1 rings (SSSR count). The lowest BCUT2D eigenvalue weighted by atomic mass is 9.88. The maximum atomic E-state index is 12.1. The summed E-state index contributed by atoms with van der Waals surface area (Å²) < 4.78 is 0.164. The fraction of sp³-hybridized carbons (Fsp3) is 0.846. The molecule has 1 amide bonds. The second-order valence-electron chi connectivity index (χ2n) is 5.15. The number of nitrogens with two attached hydrogens (primary N) is 1. The van der Waals surface area contributed by atoms with E-state index in [9.17, 15) is 4.79 Å². The highest BCUT2D eigenvalue weighted by molar-refractivity contribution is 8.00. The number of nitrogens with one attached hydrogen (secondary N) is 1. The molecule has 1 saturated carbocycles. The number of hydrogen-bond donors (Lipinski definition) is 3. The molecule has 0 bridgehead atoms. The minimum atomic E-state index is -0.535. The molecule has 4 N–H and O–H groups in total. The van der Waals surface area contributed by atoms with Crippen LogP contribution in [-0.4, -0.2) is 34.5 Å². The van der Waals surface area contributed by atoms with Crippen LogP contribution in [0.2, 0.25) is 0 Å². The Kier molecular flexibility index (Phi) is 6.48. The Morgan fingerprint density at radius 2 is 2.11 bits per heavy atom. The van der Waals surface area contributed by atoms with Crippen molar-refractivity contribution in [3.05, 3.63) is 0 Å². The molecule has 19 heavy (non-hydrogen) atoms. The summed E-state index contributed by atoms with van der Waals surface area (Å²) in [6, 6.07) is 0. The first-order valence-electron chi connectivity index (χ1n) is 6.89. The van der Waals surface area contributed by atoms with Crippen LogP contribution in [0.15, 0.2) is 5.16 Å². The lowest BCUT2D eigenvalue weighted by Gasteiger charge is -2.36. The van der Waals surface area contributed by atoms with Crippen molar-refractivity contribution in [3.63, 3.8) is 0 Å². The maximum Gasteiger partial charge on any atom is 0.230 e. The molecular weight excluding hydrogens is 262 g/mol. The predicted molar refractivity (Wildman–Crippen MR) is 79.5 cm³/mol. The summed E-state index contributed by atoms with van der Waals surface area (Å²) in [6.07, 6.45) is 8.69. The van der Waals surface area contributed by atoms with Crippen LogP contribution in [0, 0.1) is 5.92 Å². The van der Waals surface area contributed by atoms with Gasteiger partial charge in [-0.3, -0.25) is 4.79 Å². The molecule has 0 aromatic carbocycles. The summed E-state index contributed by atoms with van der Waals surface area (Å²) in [6.45, 7) is 2.52. The third kappa shape index (κ3) is 4.30. The topological polar surface area (TPSA) is 87.7 Å². The van der Waals surface area contributed by atoms with Crippen molar-refractivity contribution < 1.29 is 10.0 Å². The number of thioether (sulfide) groups is 1. The zero-order valence-corrected chi connectivity index (χ0v) is 12.6. The smallest absolute Gasteiger partial charge is 0.230 e. The molecule has 0 heterocycles. The molecule has 1 atom stereocenters. The second kappa shape index (κ2) is 7.62. The minimum Gasteiger partial charge on any atom is -0.409 e. The second-order valence-corrected chi connectivity index (χ2v) is 6.43. The average Bonchev–Trinajstić information content (AvgIpc) is 2.46. The van der Waals surface area contributed by atoms with Gasteiger partial charge in [-0.05, 0) is 25.5 Å². The number of hydrogen-bond acceptors (Lipinski definition) is 4. The molecule has 5 nitrogen and oxygen atoms in total. The number of oxime groups is 1. The standard InChI is InChI=1S/C13H25N3O2S/c1-3-10(11(14)16-18)12(17)15-9-13(19-2)7-5-4-6-8-13/h10,18H,3-9H2,1-2H3,(H2,14,16)(H,15,17). The highest BCUT2D eigenvalue weighted by Gasteiger charge is 2.32. The number of amides is 1. The molecular formula is C13H25N3O2S. The fourth-order valence-corrected chi connectivity index (χ4v) is 3.53. The molecule has 0 aliphatic heterocycles. The van der Waals surface area contributed by atoms with Crippen LogP contribution >= 0.6 is 11.8 Å². The SMILES string of the molecule is CCC(C(=O)NCC1(SC)CCCCC1)C(N)=NO. The van der Waals surface area contributed by atoms with E-state index >= 15 is 0 Å². The summed E-state index contributed by atoms with van der Waals surface area (Å²) >= 11 is 1.84. The third-order valence-corrected chi connectivity index (χ3v) is 5.40. The Morgan fingerprint density at radius 1 is 1.47 bits per heavy atom. The highest BCUT2D eigenvalue weighted by Crippen LogP contribution is 2.37. The molecule has 110 valence electrons. The number of carbonyl (C=O) groups excluding carboxylic acids is 1. The van der Waals surface area contributed by atoms with Crippen LogP contribution in [-0.2, 0) is 4.79 Å². The summed E-state index contributed by atoms with van der Waals surface area (Å²) in [7, 11) is 0. The molecule has 0 saturated heterocycles. The van der Waals surface area contributed by atoms with Crippen molar-refractivity contribution in [3.8, 4) is 0 Å². The van der Waals surface area contributed by atoms with Crippen LogP contribution in [0.3, 0.4) is 0 Å². The zero-order chi connectivity index (χ0) is 14.3. The van der Waals surface area contributed by atoms with E-state index in [-0.39, 0.29) is 16.5 Å². The minimum absolute atomic E-state index is 0.0122.